The first kappa shape index (κ1) is 17.0. The number of ether oxygens (including phenoxy) is 1. The Kier molecular flexibility index (Phi) is 4.91. The van der Waals surface area contributed by atoms with Crippen molar-refractivity contribution in [3.63, 3.8) is 0 Å². The monoisotopic (exact) mass is 360 g/mol. The van der Waals surface area contributed by atoms with Crippen LogP contribution in [0, 0.1) is 0 Å². The van der Waals surface area contributed by atoms with E-state index < -0.39 is 0 Å². The first-order valence-corrected chi connectivity index (χ1v) is 8.89. The maximum atomic E-state index is 5.70. The van der Waals surface area contributed by atoms with Crippen molar-refractivity contribution in [1.82, 2.24) is 29.9 Å². The molecule has 136 valence electrons. The lowest BCUT2D eigenvalue weighted by Crippen LogP contribution is -2.02. The van der Waals surface area contributed by atoms with Gasteiger partial charge in [-0.2, -0.15) is 0 Å². The van der Waals surface area contributed by atoms with E-state index >= 15 is 0 Å². The molecule has 7 nitrogen and oxygen atoms in total. The van der Waals surface area contributed by atoms with Crippen LogP contribution < -0.4 is 4.74 Å². The second kappa shape index (κ2) is 7.82. The highest BCUT2D eigenvalue weighted by molar-refractivity contribution is 5.65. The highest BCUT2D eigenvalue weighted by atomic mass is 16.5. The number of H-pyrrole nitrogens is 1. The van der Waals surface area contributed by atoms with E-state index in [1.807, 2.05) is 49.8 Å². The Labute approximate surface area is 157 Å². The highest BCUT2D eigenvalue weighted by Crippen LogP contribution is 2.22. The molecule has 27 heavy (non-hydrogen) atoms. The van der Waals surface area contributed by atoms with Crippen LogP contribution in [0.4, 0.5) is 0 Å². The Morgan fingerprint density at radius 1 is 1.07 bits per heavy atom. The summed E-state index contributed by atoms with van der Waals surface area (Å²) in [6, 6.07) is 12.0. The summed E-state index contributed by atoms with van der Waals surface area (Å²) in [5, 5.41) is 10.5. The number of imidazole rings is 1. The van der Waals surface area contributed by atoms with Gasteiger partial charge in [-0.1, -0.05) is 23.4 Å². The molecule has 0 atom stereocenters. The Hall–Kier alpha value is -3.48. The van der Waals surface area contributed by atoms with E-state index in [4.69, 9.17) is 4.74 Å². The lowest BCUT2D eigenvalue weighted by Gasteiger charge is -2.10. The minimum Gasteiger partial charge on any atom is -0.494 e. The molecule has 0 fully saturated rings. The van der Waals surface area contributed by atoms with Gasteiger partial charge in [0.25, 0.3) is 0 Å². The molecule has 0 unspecified atom stereocenters. The van der Waals surface area contributed by atoms with Crippen molar-refractivity contribution >= 4 is 0 Å². The first-order valence-electron chi connectivity index (χ1n) is 8.89. The van der Waals surface area contributed by atoms with Gasteiger partial charge in [-0.25, -0.2) is 4.98 Å². The molecule has 0 saturated carbocycles. The average molecular weight is 360 g/mol. The maximum Gasteiger partial charge on any atom is 0.122 e. The summed E-state index contributed by atoms with van der Waals surface area (Å²) < 4.78 is 7.77. The molecule has 0 aliphatic rings. The number of nitrogens with zero attached hydrogens (tertiary/aromatic N) is 5. The van der Waals surface area contributed by atoms with Gasteiger partial charge in [0.1, 0.15) is 17.1 Å². The molecule has 7 heteroatoms. The summed E-state index contributed by atoms with van der Waals surface area (Å²) in [5.74, 6) is 0.947. The van der Waals surface area contributed by atoms with Crippen LogP contribution >= 0.6 is 0 Å². The van der Waals surface area contributed by atoms with Crippen molar-refractivity contribution in [2.75, 3.05) is 6.61 Å². The topological polar surface area (TPSA) is 81.5 Å². The van der Waals surface area contributed by atoms with Crippen LogP contribution in [-0.4, -0.2) is 36.6 Å². The summed E-state index contributed by atoms with van der Waals surface area (Å²) in [5.41, 5.74) is 4.57. The Morgan fingerprint density at radius 3 is 2.85 bits per heavy atom. The molecule has 0 aliphatic heterocycles. The zero-order valence-electron chi connectivity index (χ0n) is 15.0. The number of aromatic nitrogens is 6. The summed E-state index contributed by atoms with van der Waals surface area (Å²) in [6.07, 6.45) is 8.24. The van der Waals surface area contributed by atoms with Gasteiger partial charge in [0.2, 0.25) is 0 Å². The fourth-order valence-electron chi connectivity index (χ4n) is 2.94. The molecule has 1 aromatic carbocycles. The fraction of sp³-hybridized carbons (Fsp3) is 0.200. The maximum absolute atomic E-state index is 5.70. The standard InChI is InChI=1S/C20H20N6O/c1-2-27-20-6-4-3-5-15(20)8-10-26-13-19(22-14-26)17-11-16(7-9-21-17)18-12-23-25-24-18/h3-7,9,11-14H,2,8,10H2,1H3,(H,23,24,25). The number of nitrogens with one attached hydrogen (secondary N) is 1. The van der Waals surface area contributed by atoms with E-state index in [2.05, 4.69) is 36.0 Å². The summed E-state index contributed by atoms with van der Waals surface area (Å²) in [4.78, 5) is 8.94. The van der Waals surface area contributed by atoms with Crippen LogP contribution in [0.2, 0.25) is 0 Å². The molecular weight excluding hydrogens is 340 g/mol. The molecule has 4 aromatic rings. The third-order valence-corrected chi connectivity index (χ3v) is 4.28. The number of hydrogen-bond donors (Lipinski definition) is 1. The van der Waals surface area contributed by atoms with Gasteiger partial charge in [-0.3, -0.25) is 10.1 Å². The summed E-state index contributed by atoms with van der Waals surface area (Å²) in [6.45, 7) is 3.49. The van der Waals surface area contributed by atoms with E-state index in [0.29, 0.717) is 6.61 Å². The Balaban J connectivity index is 1.49. The molecule has 3 aromatic heterocycles. The number of benzene rings is 1. The zero-order chi connectivity index (χ0) is 18.5. The molecule has 0 spiro atoms. The predicted octanol–water partition coefficient (Wildman–Crippen LogP) is 3.37. The van der Waals surface area contributed by atoms with Crippen molar-refractivity contribution in [2.45, 2.75) is 19.9 Å². The molecular formula is C20H20N6O. The van der Waals surface area contributed by atoms with Gasteiger partial charge in [0, 0.05) is 30.7 Å². The number of rotatable bonds is 7. The van der Waals surface area contributed by atoms with E-state index in [9.17, 15) is 0 Å². The SMILES string of the molecule is CCOc1ccccc1CCn1cnc(-c2cc(-c3c[nH]nn3)ccn2)c1. The minimum atomic E-state index is 0.666. The second-order valence-corrected chi connectivity index (χ2v) is 6.08. The molecule has 0 saturated heterocycles. The number of para-hydroxylation sites is 1. The predicted molar refractivity (Wildman–Crippen MR) is 102 cm³/mol. The van der Waals surface area contributed by atoms with Gasteiger partial charge in [0.05, 0.1) is 18.6 Å². The Morgan fingerprint density at radius 2 is 2.00 bits per heavy atom. The van der Waals surface area contributed by atoms with Crippen molar-refractivity contribution in [1.29, 1.82) is 0 Å². The Bertz CT molecular complexity index is 1010. The second-order valence-electron chi connectivity index (χ2n) is 6.08. The van der Waals surface area contributed by atoms with Crippen molar-refractivity contribution in [3.8, 4) is 28.4 Å². The van der Waals surface area contributed by atoms with Gasteiger partial charge in [-0.05, 0) is 37.1 Å². The van der Waals surface area contributed by atoms with Gasteiger partial charge in [-0.15, -0.1) is 5.10 Å². The zero-order valence-corrected chi connectivity index (χ0v) is 15.0. The van der Waals surface area contributed by atoms with Crippen molar-refractivity contribution in [3.05, 3.63) is 66.9 Å². The van der Waals surface area contributed by atoms with E-state index in [1.54, 1.807) is 12.4 Å². The van der Waals surface area contributed by atoms with Gasteiger partial charge < -0.3 is 9.30 Å². The van der Waals surface area contributed by atoms with Crippen LogP contribution in [-0.2, 0) is 13.0 Å². The number of aromatic amines is 1. The van der Waals surface area contributed by atoms with Crippen LogP contribution in [0.3, 0.4) is 0 Å². The van der Waals surface area contributed by atoms with Crippen LogP contribution in [0.25, 0.3) is 22.6 Å². The fourth-order valence-corrected chi connectivity index (χ4v) is 2.94. The number of aryl methyl sites for hydroxylation is 2. The quantitative estimate of drug-likeness (QED) is 0.546. The molecule has 4 rings (SSSR count). The van der Waals surface area contributed by atoms with Crippen LogP contribution in [0.15, 0.2) is 61.3 Å². The summed E-state index contributed by atoms with van der Waals surface area (Å²) >= 11 is 0. The number of hydrogen-bond acceptors (Lipinski definition) is 5. The molecule has 0 bridgehead atoms. The minimum absolute atomic E-state index is 0.666. The van der Waals surface area contributed by atoms with Gasteiger partial charge >= 0.3 is 0 Å². The van der Waals surface area contributed by atoms with Crippen LogP contribution in [0.1, 0.15) is 12.5 Å². The number of pyridine rings is 1. The van der Waals surface area contributed by atoms with Gasteiger partial charge in [0.15, 0.2) is 0 Å². The summed E-state index contributed by atoms with van der Waals surface area (Å²) in [7, 11) is 0. The average Bonchev–Trinajstić information content (AvgIpc) is 3.40. The van der Waals surface area contributed by atoms with Crippen molar-refractivity contribution < 1.29 is 4.74 Å². The normalized spacial score (nSPS) is 10.9. The van der Waals surface area contributed by atoms with E-state index in [1.165, 1.54) is 5.56 Å². The molecule has 0 aliphatic carbocycles. The smallest absolute Gasteiger partial charge is 0.122 e. The van der Waals surface area contributed by atoms with Crippen molar-refractivity contribution in [2.24, 2.45) is 0 Å². The molecule has 0 amide bonds. The largest absolute Gasteiger partial charge is 0.494 e. The first-order chi connectivity index (χ1) is 13.3. The van der Waals surface area contributed by atoms with E-state index in [0.717, 1.165) is 41.4 Å². The third kappa shape index (κ3) is 3.87. The molecule has 1 N–H and O–H groups in total. The molecule has 0 radical (unpaired) electrons. The lowest BCUT2D eigenvalue weighted by molar-refractivity contribution is 0.336. The molecule has 3 heterocycles. The van der Waals surface area contributed by atoms with Crippen LogP contribution in [0.5, 0.6) is 5.75 Å². The highest BCUT2D eigenvalue weighted by Gasteiger charge is 2.08. The van der Waals surface area contributed by atoms with E-state index in [-0.39, 0.29) is 0 Å². The lowest BCUT2D eigenvalue weighted by atomic mass is 10.1. The third-order valence-electron chi connectivity index (χ3n) is 4.28.